The van der Waals surface area contributed by atoms with Gasteiger partial charge in [-0.1, -0.05) is 22.0 Å². The number of halogens is 4. The summed E-state index contributed by atoms with van der Waals surface area (Å²) in [6.45, 7) is 1.85. The van der Waals surface area contributed by atoms with Crippen LogP contribution in [-0.2, 0) is 6.18 Å². The van der Waals surface area contributed by atoms with Crippen LogP contribution < -0.4 is 5.32 Å². The summed E-state index contributed by atoms with van der Waals surface area (Å²) in [5.41, 5.74) is 0.529. The maximum absolute atomic E-state index is 12.9. The van der Waals surface area contributed by atoms with E-state index in [4.69, 9.17) is 5.26 Å². The minimum absolute atomic E-state index is 0.280. The SMILES string of the molecule is Cc1c(Br)cccc1Nc1ccc(C#N)c(C(F)(F)F)c1. The first-order valence-corrected chi connectivity index (χ1v) is 6.75. The van der Waals surface area contributed by atoms with Crippen LogP contribution in [0, 0.1) is 18.3 Å². The molecule has 0 saturated heterocycles. The summed E-state index contributed by atoms with van der Waals surface area (Å²) in [6.07, 6.45) is -4.56. The van der Waals surface area contributed by atoms with Crippen molar-refractivity contribution in [3.05, 3.63) is 57.6 Å². The van der Waals surface area contributed by atoms with Gasteiger partial charge in [-0.25, -0.2) is 0 Å². The summed E-state index contributed by atoms with van der Waals surface area (Å²) < 4.78 is 39.6. The second-order valence-corrected chi connectivity index (χ2v) is 5.26. The Bertz CT molecular complexity index is 718. The summed E-state index contributed by atoms with van der Waals surface area (Å²) in [5.74, 6) is 0. The van der Waals surface area contributed by atoms with E-state index >= 15 is 0 Å². The van der Waals surface area contributed by atoms with E-state index in [1.165, 1.54) is 12.1 Å². The average molecular weight is 355 g/mol. The fourth-order valence-electron chi connectivity index (χ4n) is 1.85. The average Bonchev–Trinajstić information content (AvgIpc) is 2.43. The molecule has 2 aromatic carbocycles. The van der Waals surface area contributed by atoms with E-state index < -0.39 is 11.7 Å². The third-order valence-electron chi connectivity index (χ3n) is 2.99. The molecule has 2 aromatic rings. The van der Waals surface area contributed by atoms with Crippen LogP contribution in [0.5, 0.6) is 0 Å². The quantitative estimate of drug-likeness (QED) is 0.784. The highest BCUT2D eigenvalue weighted by Gasteiger charge is 2.33. The van der Waals surface area contributed by atoms with Gasteiger partial charge in [0.2, 0.25) is 0 Å². The highest BCUT2D eigenvalue weighted by molar-refractivity contribution is 9.10. The van der Waals surface area contributed by atoms with E-state index in [-0.39, 0.29) is 11.3 Å². The number of nitrogens with one attached hydrogen (secondary N) is 1. The zero-order valence-corrected chi connectivity index (χ0v) is 12.5. The fourth-order valence-corrected chi connectivity index (χ4v) is 2.22. The van der Waals surface area contributed by atoms with Gasteiger partial charge in [0.15, 0.2) is 0 Å². The molecule has 0 aliphatic rings. The highest BCUT2D eigenvalue weighted by Crippen LogP contribution is 2.35. The zero-order valence-electron chi connectivity index (χ0n) is 10.9. The van der Waals surface area contributed by atoms with Gasteiger partial charge in [-0.05, 0) is 42.8 Å². The van der Waals surface area contributed by atoms with Gasteiger partial charge in [-0.15, -0.1) is 0 Å². The van der Waals surface area contributed by atoms with Crippen molar-refractivity contribution >= 4 is 27.3 Å². The van der Waals surface area contributed by atoms with Crippen LogP contribution in [0.3, 0.4) is 0 Å². The minimum Gasteiger partial charge on any atom is -0.355 e. The Morgan fingerprint density at radius 3 is 2.52 bits per heavy atom. The molecule has 108 valence electrons. The summed E-state index contributed by atoms with van der Waals surface area (Å²) >= 11 is 3.37. The molecule has 2 rings (SSSR count). The predicted molar refractivity (Wildman–Crippen MR) is 78.3 cm³/mol. The third kappa shape index (κ3) is 3.37. The Labute approximate surface area is 128 Å². The van der Waals surface area contributed by atoms with Gasteiger partial charge in [0, 0.05) is 15.8 Å². The van der Waals surface area contributed by atoms with Gasteiger partial charge in [-0.3, -0.25) is 0 Å². The topological polar surface area (TPSA) is 35.8 Å². The van der Waals surface area contributed by atoms with Crippen molar-refractivity contribution in [1.29, 1.82) is 5.26 Å². The monoisotopic (exact) mass is 354 g/mol. The molecular formula is C15H10BrF3N2. The number of hydrogen-bond donors (Lipinski definition) is 1. The lowest BCUT2D eigenvalue weighted by molar-refractivity contribution is -0.137. The van der Waals surface area contributed by atoms with Crippen molar-refractivity contribution in [2.45, 2.75) is 13.1 Å². The molecule has 0 saturated carbocycles. The van der Waals surface area contributed by atoms with Crippen molar-refractivity contribution < 1.29 is 13.2 Å². The molecule has 0 aliphatic carbocycles. The summed E-state index contributed by atoms with van der Waals surface area (Å²) in [5, 5.41) is 11.7. The molecule has 0 spiro atoms. The van der Waals surface area contributed by atoms with E-state index in [9.17, 15) is 13.2 Å². The Kier molecular flexibility index (Phi) is 4.24. The largest absolute Gasteiger partial charge is 0.417 e. The predicted octanol–water partition coefficient (Wildman–Crippen LogP) is 5.39. The first-order valence-electron chi connectivity index (χ1n) is 5.96. The molecule has 0 radical (unpaired) electrons. The van der Waals surface area contributed by atoms with Crippen LogP contribution in [0.4, 0.5) is 24.5 Å². The number of nitrogens with zero attached hydrogens (tertiary/aromatic N) is 1. The standard InChI is InChI=1S/C15H10BrF3N2/c1-9-13(16)3-2-4-14(9)21-11-6-5-10(8-20)12(7-11)15(17,18)19/h2-7,21H,1H3. The lowest BCUT2D eigenvalue weighted by atomic mass is 10.1. The number of hydrogen-bond acceptors (Lipinski definition) is 2. The third-order valence-corrected chi connectivity index (χ3v) is 3.85. The Morgan fingerprint density at radius 1 is 1.19 bits per heavy atom. The number of nitriles is 1. The first-order chi connectivity index (χ1) is 9.82. The highest BCUT2D eigenvalue weighted by atomic mass is 79.9. The lowest BCUT2D eigenvalue weighted by Crippen LogP contribution is -2.08. The summed E-state index contributed by atoms with van der Waals surface area (Å²) in [4.78, 5) is 0. The van der Waals surface area contributed by atoms with Crippen LogP contribution in [0.15, 0.2) is 40.9 Å². The van der Waals surface area contributed by atoms with E-state index in [2.05, 4.69) is 21.2 Å². The van der Waals surface area contributed by atoms with E-state index in [1.54, 1.807) is 18.2 Å². The van der Waals surface area contributed by atoms with Gasteiger partial charge in [0.25, 0.3) is 0 Å². The number of alkyl halides is 3. The molecule has 0 aromatic heterocycles. The van der Waals surface area contributed by atoms with Crippen molar-refractivity contribution in [1.82, 2.24) is 0 Å². The first kappa shape index (κ1) is 15.4. The molecule has 0 unspecified atom stereocenters. The van der Waals surface area contributed by atoms with Gasteiger partial charge >= 0.3 is 6.18 Å². The van der Waals surface area contributed by atoms with Gasteiger partial charge in [0.05, 0.1) is 17.2 Å². The van der Waals surface area contributed by atoms with Crippen molar-refractivity contribution in [3.63, 3.8) is 0 Å². The molecule has 1 N–H and O–H groups in total. The number of benzene rings is 2. The van der Waals surface area contributed by atoms with Crippen LogP contribution in [0.2, 0.25) is 0 Å². The second-order valence-electron chi connectivity index (χ2n) is 4.41. The molecular weight excluding hydrogens is 345 g/mol. The summed E-state index contributed by atoms with van der Waals surface area (Å²) in [7, 11) is 0. The molecule has 21 heavy (non-hydrogen) atoms. The van der Waals surface area contributed by atoms with Gasteiger partial charge in [-0.2, -0.15) is 18.4 Å². The molecule has 0 heterocycles. The molecule has 0 bridgehead atoms. The molecule has 0 aliphatic heterocycles. The molecule has 0 atom stereocenters. The van der Waals surface area contributed by atoms with Gasteiger partial charge < -0.3 is 5.32 Å². The van der Waals surface area contributed by atoms with E-state index in [0.29, 0.717) is 5.69 Å². The van der Waals surface area contributed by atoms with Crippen LogP contribution >= 0.6 is 15.9 Å². The van der Waals surface area contributed by atoms with Crippen LogP contribution in [0.1, 0.15) is 16.7 Å². The molecule has 0 fully saturated rings. The Morgan fingerprint density at radius 2 is 1.90 bits per heavy atom. The fraction of sp³-hybridized carbons (Fsp3) is 0.133. The van der Waals surface area contributed by atoms with Gasteiger partial charge in [0.1, 0.15) is 0 Å². The van der Waals surface area contributed by atoms with Crippen LogP contribution in [-0.4, -0.2) is 0 Å². The number of rotatable bonds is 2. The maximum Gasteiger partial charge on any atom is 0.417 e. The molecule has 0 amide bonds. The normalized spacial score (nSPS) is 11.0. The van der Waals surface area contributed by atoms with Crippen molar-refractivity contribution in [3.8, 4) is 6.07 Å². The second kappa shape index (κ2) is 5.78. The van der Waals surface area contributed by atoms with Crippen LogP contribution in [0.25, 0.3) is 0 Å². The minimum atomic E-state index is -4.56. The zero-order chi connectivity index (χ0) is 15.6. The van der Waals surface area contributed by atoms with E-state index in [1.807, 2.05) is 13.0 Å². The van der Waals surface area contributed by atoms with Crippen molar-refractivity contribution in [2.75, 3.05) is 5.32 Å². The Hall–Kier alpha value is -2.00. The Balaban J connectivity index is 2.43. The maximum atomic E-state index is 12.9. The lowest BCUT2D eigenvalue weighted by Gasteiger charge is -2.14. The van der Waals surface area contributed by atoms with E-state index in [0.717, 1.165) is 16.1 Å². The molecule has 2 nitrogen and oxygen atoms in total. The van der Waals surface area contributed by atoms with Crippen molar-refractivity contribution in [2.24, 2.45) is 0 Å². The number of anilines is 2. The summed E-state index contributed by atoms with van der Waals surface area (Å²) in [6, 6.07) is 10.5. The molecule has 6 heteroatoms. The smallest absolute Gasteiger partial charge is 0.355 e.